The molecule has 1 aromatic carbocycles. The molecule has 0 unspecified atom stereocenters. The molecule has 0 radical (unpaired) electrons. The van der Waals surface area contributed by atoms with Crippen molar-refractivity contribution in [2.75, 3.05) is 6.54 Å². The number of hydrogen-bond acceptors (Lipinski definition) is 2. The van der Waals surface area contributed by atoms with Gasteiger partial charge in [-0.15, -0.1) is 0 Å². The van der Waals surface area contributed by atoms with E-state index in [1.807, 2.05) is 22.9 Å². The maximum absolute atomic E-state index is 11.6. The van der Waals surface area contributed by atoms with Gasteiger partial charge in [0, 0.05) is 23.1 Å². The smallest absolute Gasteiger partial charge is 0.315 e. The lowest BCUT2D eigenvalue weighted by atomic mass is 10.1. The first kappa shape index (κ1) is 15.2. The summed E-state index contributed by atoms with van der Waals surface area (Å²) in [5.41, 5.74) is 2.07. The van der Waals surface area contributed by atoms with Crippen molar-refractivity contribution in [1.82, 2.24) is 10.6 Å². The molecule has 0 spiro atoms. The summed E-state index contributed by atoms with van der Waals surface area (Å²) in [6.45, 7) is 1.06. The Morgan fingerprint density at radius 3 is 2.75 bits per heavy atom. The first-order chi connectivity index (χ1) is 9.65. The molecule has 0 saturated heterocycles. The van der Waals surface area contributed by atoms with Crippen LogP contribution < -0.4 is 10.6 Å². The minimum Gasteiger partial charge on any atom is -0.338 e. The second-order valence-electron chi connectivity index (χ2n) is 4.23. The molecule has 0 aliphatic heterocycles. The van der Waals surface area contributed by atoms with E-state index in [9.17, 15) is 4.79 Å². The maximum Gasteiger partial charge on any atom is 0.315 e. The quantitative estimate of drug-likeness (QED) is 0.852. The fraction of sp³-hybridized carbons (Fsp3) is 0.214. The van der Waals surface area contributed by atoms with E-state index in [1.165, 1.54) is 0 Å². The molecule has 0 saturated carbocycles. The van der Waals surface area contributed by atoms with Gasteiger partial charge in [0.15, 0.2) is 0 Å². The van der Waals surface area contributed by atoms with Gasteiger partial charge in [-0.05, 0) is 46.5 Å². The van der Waals surface area contributed by atoms with Crippen LogP contribution in [0.1, 0.15) is 11.1 Å². The topological polar surface area (TPSA) is 41.1 Å². The molecule has 3 nitrogen and oxygen atoms in total. The van der Waals surface area contributed by atoms with E-state index >= 15 is 0 Å². The summed E-state index contributed by atoms with van der Waals surface area (Å²) in [7, 11) is 0. The lowest BCUT2D eigenvalue weighted by Crippen LogP contribution is -2.36. The van der Waals surface area contributed by atoms with Crippen molar-refractivity contribution < 1.29 is 4.79 Å². The number of benzene rings is 1. The van der Waals surface area contributed by atoms with Gasteiger partial charge in [0.2, 0.25) is 0 Å². The predicted molar refractivity (Wildman–Crippen MR) is 84.7 cm³/mol. The normalized spacial score (nSPS) is 10.3. The lowest BCUT2D eigenvalue weighted by Gasteiger charge is -2.08. The second-order valence-corrected chi connectivity index (χ2v) is 5.85. The summed E-state index contributed by atoms with van der Waals surface area (Å²) in [5, 5.41) is 10.8. The molecular weight excluding hydrogens is 315 g/mol. The van der Waals surface area contributed by atoms with Crippen molar-refractivity contribution in [3.8, 4) is 0 Å². The largest absolute Gasteiger partial charge is 0.338 e. The molecule has 0 fully saturated rings. The van der Waals surface area contributed by atoms with Crippen LogP contribution in [0.5, 0.6) is 0 Å². The van der Waals surface area contributed by atoms with Crippen LogP contribution in [0.15, 0.2) is 35.0 Å². The summed E-state index contributed by atoms with van der Waals surface area (Å²) < 4.78 is 0. The first-order valence-corrected chi connectivity index (χ1v) is 7.82. The number of urea groups is 1. The van der Waals surface area contributed by atoms with Gasteiger partial charge in [0.25, 0.3) is 0 Å². The van der Waals surface area contributed by atoms with Crippen LogP contribution >= 0.6 is 34.5 Å². The zero-order valence-electron chi connectivity index (χ0n) is 10.7. The van der Waals surface area contributed by atoms with Gasteiger partial charge in [-0.2, -0.15) is 11.3 Å². The van der Waals surface area contributed by atoms with Crippen LogP contribution in [-0.2, 0) is 13.0 Å². The van der Waals surface area contributed by atoms with Crippen LogP contribution in [0.3, 0.4) is 0 Å². The third-order valence-electron chi connectivity index (χ3n) is 2.73. The molecule has 0 atom stereocenters. The van der Waals surface area contributed by atoms with E-state index in [0.717, 1.165) is 11.1 Å². The van der Waals surface area contributed by atoms with Crippen molar-refractivity contribution in [2.45, 2.75) is 13.0 Å². The van der Waals surface area contributed by atoms with E-state index in [1.54, 1.807) is 23.5 Å². The van der Waals surface area contributed by atoms with Crippen LogP contribution in [0.25, 0.3) is 0 Å². The SMILES string of the molecule is O=C(NCCc1ccc(Cl)cc1Cl)NCc1ccsc1. The molecular formula is C14H14Cl2N2OS. The van der Waals surface area contributed by atoms with Gasteiger partial charge >= 0.3 is 6.03 Å². The number of halogens is 2. The van der Waals surface area contributed by atoms with E-state index in [2.05, 4.69) is 10.6 Å². The Bertz CT molecular complexity index is 573. The summed E-state index contributed by atoms with van der Waals surface area (Å²) >= 11 is 13.5. The average Bonchev–Trinajstić information content (AvgIpc) is 2.92. The molecule has 0 aliphatic carbocycles. The molecule has 6 heteroatoms. The minimum absolute atomic E-state index is 0.179. The fourth-order valence-electron chi connectivity index (χ4n) is 1.67. The van der Waals surface area contributed by atoms with E-state index in [-0.39, 0.29) is 6.03 Å². The molecule has 106 valence electrons. The average molecular weight is 329 g/mol. The number of rotatable bonds is 5. The van der Waals surface area contributed by atoms with Crippen molar-refractivity contribution in [3.05, 3.63) is 56.2 Å². The van der Waals surface area contributed by atoms with E-state index in [0.29, 0.717) is 29.6 Å². The van der Waals surface area contributed by atoms with E-state index in [4.69, 9.17) is 23.2 Å². The van der Waals surface area contributed by atoms with Crippen LogP contribution in [0.2, 0.25) is 10.0 Å². The Kier molecular flexibility index (Phi) is 5.71. The third-order valence-corrected chi connectivity index (χ3v) is 4.05. The number of carbonyl (C=O) groups excluding carboxylic acids is 1. The van der Waals surface area contributed by atoms with Gasteiger partial charge in [-0.1, -0.05) is 29.3 Å². The summed E-state index contributed by atoms with van der Waals surface area (Å²) in [5.74, 6) is 0. The van der Waals surface area contributed by atoms with Crippen LogP contribution in [-0.4, -0.2) is 12.6 Å². The highest BCUT2D eigenvalue weighted by Crippen LogP contribution is 2.20. The predicted octanol–water partition coefficient (Wildman–Crippen LogP) is 4.10. The first-order valence-electron chi connectivity index (χ1n) is 6.12. The Morgan fingerprint density at radius 1 is 1.20 bits per heavy atom. The van der Waals surface area contributed by atoms with Gasteiger partial charge in [0.1, 0.15) is 0 Å². The molecule has 2 amide bonds. The molecule has 2 rings (SSSR count). The molecule has 2 N–H and O–H groups in total. The standard InChI is InChI=1S/C14H14Cl2N2OS/c15-12-2-1-11(13(16)7-12)3-5-17-14(19)18-8-10-4-6-20-9-10/h1-2,4,6-7,9H,3,5,8H2,(H2,17,18,19). The van der Waals surface area contributed by atoms with Gasteiger partial charge < -0.3 is 10.6 Å². The van der Waals surface area contributed by atoms with Crippen molar-refractivity contribution in [3.63, 3.8) is 0 Å². The molecule has 0 bridgehead atoms. The van der Waals surface area contributed by atoms with Gasteiger partial charge in [-0.25, -0.2) is 4.79 Å². The van der Waals surface area contributed by atoms with E-state index < -0.39 is 0 Å². The number of thiophene rings is 1. The number of nitrogens with one attached hydrogen (secondary N) is 2. The molecule has 0 aliphatic rings. The molecule has 1 aromatic heterocycles. The highest BCUT2D eigenvalue weighted by Gasteiger charge is 2.03. The number of amides is 2. The summed E-state index contributed by atoms with van der Waals surface area (Å²) in [4.78, 5) is 11.6. The van der Waals surface area contributed by atoms with Crippen LogP contribution in [0.4, 0.5) is 4.79 Å². The van der Waals surface area contributed by atoms with Gasteiger partial charge in [0.05, 0.1) is 0 Å². The molecule has 20 heavy (non-hydrogen) atoms. The summed E-state index contributed by atoms with van der Waals surface area (Å²) in [6, 6.07) is 7.17. The molecule has 2 aromatic rings. The Labute approximate surface area is 131 Å². The zero-order valence-corrected chi connectivity index (χ0v) is 13.0. The minimum atomic E-state index is -0.179. The third kappa shape index (κ3) is 4.71. The Balaban J connectivity index is 1.71. The van der Waals surface area contributed by atoms with Crippen molar-refractivity contribution in [2.24, 2.45) is 0 Å². The van der Waals surface area contributed by atoms with Crippen molar-refractivity contribution in [1.29, 1.82) is 0 Å². The Morgan fingerprint density at radius 2 is 2.05 bits per heavy atom. The lowest BCUT2D eigenvalue weighted by molar-refractivity contribution is 0.240. The van der Waals surface area contributed by atoms with Crippen molar-refractivity contribution >= 4 is 40.6 Å². The summed E-state index contributed by atoms with van der Waals surface area (Å²) in [6.07, 6.45) is 0.669. The fourth-order valence-corrected chi connectivity index (χ4v) is 2.84. The zero-order chi connectivity index (χ0) is 14.4. The van der Waals surface area contributed by atoms with Crippen LogP contribution in [0, 0.1) is 0 Å². The monoisotopic (exact) mass is 328 g/mol. The highest BCUT2D eigenvalue weighted by molar-refractivity contribution is 7.07. The number of hydrogen-bond donors (Lipinski definition) is 2. The molecule has 1 heterocycles. The maximum atomic E-state index is 11.6. The highest BCUT2D eigenvalue weighted by atomic mass is 35.5. The Hall–Kier alpha value is -1.23. The number of carbonyl (C=O) groups is 1. The second kappa shape index (κ2) is 7.53. The van der Waals surface area contributed by atoms with Gasteiger partial charge in [-0.3, -0.25) is 0 Å².